The van der Waals surface area contributed by atoms with E-state index >= 15 is 0 Å². The van der Waals surface area contributed by atoms with Crippen LogP contribution in [0.25, 0.3) is 16.8 Å². The number of benzene rings is 2. The number of aromatic nitrogens is 4. The van der Waals surface area contributed by atoms with Crippen LogP contribution in [0.15, 0.2) is 36.4 Å². The van der Waals surface area contributed by atoms with Crippen LogP contribution in [0.1, 0.15) is 0 Å². The zero-order chi connectivity index (χ0) is 15.3. The van der Waals surface area contributed by atoms with Crippen LogP contribution >= 0.6 is 34.8 Å². The van der Waals surface area contributed by atoms with Gasteiger partial charge in [0.15, 0.2) is 0 Å². The predicted octanol–water partition coefficient (Wildman–Crippen LogP) is 4.91. The van der Waals surface area contributed by atoms with Gasteiger partial charge in [-0.15, -0.1) is 0 Å². The number of imidazole rings is 1. The summed E-state index contributed by atoms with van der Waals surface area (Å²) in [6, 6.07) is 10.8. The Morgan fingerprint density at radius 1 is 1.05 bits per heavy atom. The number of H-pyrrole nitrogens is 1. The SMILES string of the molecule is Clc1ccc2c(c1)nc1nc(Nc3cccc(Cl)c3Cl)[nH]n12. The highest BCUT2D eigenvalue weighted by Crippen LogP contribution is 2.31. The molecule has 22 heavy (non-hydrogen) atoms. The Morgan fingerprint density at radius 3 is 2.77 bits per heavy atom. The Kier molecular flexibility index (Phi) is 3.14. The first kappa shape index (κ1) is 13.7. The molecule has 0 amide bonds. The van der Waals surface area contributed by atoms with Gasteiger partial charge in [0.1, 0.15) is 0 Å². The molecule has 5 nitrogen and oxygen atoms in total. The lowest BCUT2D eigenvalue weighted by Crippen LogP contribution is -1.94. The van der Waals surface area contributed by atoms with Gasteiger partial charge in [-0.3, -0.25) is 5.10 Å². The first-order chi connectivity index (χ1) is 10.6. The number of halogens is 3. The van der Waals surface area contributed by atoms with Gasteiger partial charge >= 0.3 is 0 Å². The molecule has 0 aliphatic rings. The molecule has 0 saturated carbocycles. The predicted molar refractivity (Wildman–Crippen MR) is 89.6 cm³/mol. The summed E-state index contributed by atoms with van der Waals surface area (Å²) in [6.07, 6.45) is 0. The van der Waals surface area contributed by atoms with Crippen molar-refractivity contribution in [1.29, 1.82) is 0 Å². The minimum atomic E-state index is 0.440. The molecule has 0 aliphatic carbocycles. The summed E-state index contributed by atoms with van der Waals surface area (Å²) in [5, 5.41) is 7.77. The number of hydrogen-bond donors (Lipinski definition) is 2. The van der Waals surface area contributed by atoms with E-state index in [1.807, 2.05) is 18.2 Å². The molecule has 0 bridgehead atoms. The quantitative estimate of drug-likeness (QED) is 0.538. The van der Waals surface area contributed by atoms with Gasteiger partial charge < -0.3 is 5.32 Å². The number of hydrogen-bond acceptors (Lipinski definition) is 3. The third-order valence-corrected chi connectivity index (χ3v) is 4.29. The number of nitrogens with zero attached hydrogens (tertiary/aromatic N) is 3. The molecule has 0 unspecified atom stereocenters. The maximum atomic E-state index is 6.16. The summed E-state index contributed by atoms with van der Waals surface area (Å²) >= 11 is 18.1. The fourth-order valence-electron chi connectivity index (χ4n) is 2.24. The van der Waals surface area contributed by atoms with Crippen LogP contribution in [-0.4, -0.2) is 19.6 Å². The second-order valence-electron chi connectivity index (χ2n) is 4.68. The van der Waals surface area contributed by atoms with Crippen LogP contribution in [0.3, 0.4) is 0 Å². The maximum Gasteiger partial charge on any atom is 0.253 e. The largest absolute Gasteiger partial charge is 0.323 e. The minimum absolute atomic E-state index is 0.440. The molecule has 0 aliphatic heterocycles. The van der Waals surface area contributed by atoms with Crippen molar-refractivity contribution in [3.05, 3.63) is 51.5 Å². The minimum Gasteiger partial charge on any atom is -0.323 e. The highest BCUT2D eigenvalue weighted by molar-refractivity contribution is 6.43. The van der Waals surface area contributed by atoms with Crippen molar-refractivity contribution in [3.63, 3.8) is 0 Å². The number of rotatable bonds is 2. The summed E-state index contributed by atoms with van der Waals surface area (Å²) in [6.45, 7) is 0. The zero-order valence-electron chi connectivity index (χ0n) is 10.9. The zero-order valence-corrected chi connectivity index (χ0v) is 13.2. The van der Waals surface area contributed by atoms with E-state index in [0.717, 1.165) is 11.0 Å². The smallest absolute Gasteiger partial charge is 0.253 e. The van der Waals surface area contributed by atoms with Crippen molar-refractivity contribution in [1.82, 2.24) is 19.6 Å². The molecule has 2 aromatic carbocycles. The van der Waals surface area contributed by atoms with Crippen LogP contribution in [-0.2, 0) is 0 Å². The van der Waals surface area contributed by atoms with E-state index in [2.05, 4.69) is 20.4 Å². The van der Waals surface area contributed by atoms with Crippen LogP contribution in [0.2, 0.25) is 15.1 Å². The van der Waals surface area contributed by atoms with E-state index in [9.17, 15) is 0 Å². The topological polar surface area (TPSA) is 58.0 Å². The van der Waals surface area contributed by atoms with E-state index in [0.29, 0.717) is 32.5 Å². The number of anilines is 2. The van der Waals surface area contributed by atoms with Crippen molar-refractivity contribution < 1.29 is 0 Å². The molecule has 110 valence electrons. The molecule has 0 radical (unpaired) electrons. The van der Waals surface area contributed by atoms with Crippen molar-refractivity contribution in [3.8, 4) is 0 Å². The first-order valence-corrected chi connectivity index (χ1v) is 7.50. The van der Waals surface area contributed by atoms with Crippen LogP contribution < -0.4 is 5.32 Å². The lowest BCUT2D eigenvalue weighted by Gasteiger charge is -2.05. The molecule has 0 saturated heterocycles. The van der Waals surface area contributed by atoms with Gasteiger partial charge in [-0.2, -0.15) is 4.98 Å². The second-order valence-corrected chi connectivity index (χ2v) is 5.90. The summed E-state index contributed by atoms with van der Waals surface area (Å²) in [7, 11) is 0. The van der Waals surface area contributed by atoms with Gasteiger partial charge in [-0.25, -0.2) is 9.50 Å². The van der Waals surface area contributed by atoms with E-state index < -0.39 is 0 Å². The van der Waals surface area contributed by atoms with Gasteiger partial charge in [0.2, 0.25) is 5.95 Å². The Morgan fingerprint density at radius 2 is 1.91 bits per heavy atom. The standard InChI is InChI=1S/C14H8Cl3N5/c15-7-4-5-11-10(6-7)19-14-20-13(21-22(11)14)18-9-3-1-2-8(16)12(9)17/h1-6H,(H2,18,19,20,21). The normalized spacial score (nSPS) is 11.4. The molecule has 2 aromatic heterocycles. The fourth-order valence-corrected chi connectivity index (χ4v) is 2.75. The number of aromatic amines is 1. The lowest BCUT2D eigenvalue weighted by atomic mass is 10.3. The average Bonchev–Trinajstić information content (AvgIpc) is 3.00. The van der Waals surface area contributed by atoms with Gasteiger partial charge in [0.25, 0.3) is 5.78 Å². The molecule has 0 spiro atoms. The van der Waals surface area contributed by atoms with Crippen LogP contribution in [0.4, 0.5) is 11.6 Å². The molecular formula is C14H8Cl3N5. The molecule has 4 rings (SSSR count). The molecule has 2 heterocycles. The van der Waals surface area contributed by atoms with E-state index in [1.54, 1.807) is 22.7 Å². The molecule has 4 aromatic rings. The summed E-state index contributed by atoms with van der Waals surface area (Å²) in [5.74, 6) is 1.06. The van der Waals surface area contributed by atoms with Crippen LogP contribution in [0.5, 0.6) is 0 Å². The van der Waals surface area contributed by atoms with Crippen LogP contribution in [0, 0.1) is 0 Å². The highest BCUT2D eigenvalue weighted by Gasteiger charge is 2.11. The molecule has 8 heteroatoms. The van der Waals surface area contributed by atoms with Crippen molar-refractivity contribution >= 4 is 63.2 Å². The Labute approximate surface area is 139 Å². The molecule has 0 fully saturated rings. The second kappa shape index (κ2) is 5.05. The van der Waals surface area contributed by atoms with Gasteiger partial charge in [0, 0.05) is 5.02 Å². The third kappa shape index (κ3) is 2.18. The molecule has 0 atom stereocenters. The molecule has 2 N–H and O–H groups in total. The Bertz CT molecular complexity index is 1000. The Hall–Kier alpha value is -1.95. The number of nitrogens with one attached hydrogen (secondary N) is 2. The van der Waals surface area contributed by atoms with Crippen molar-refractivity contribution in [2.24, 2.45) is 0 Å². The third-order valence-electron chi connectivity index (χ3n) is 3.23. The maximum absolute atomic E-state index is 6.16. The lowest BCUT2D eigenvalue weighted by molar-refractivity contribution is 1.01. The monoisotopic (exact) mass is 351 g/mol. The molecular weight excluding hydrogens is 345 g/mol. The van der Waals surface area contributed by atoms with Gasteiger partial charge in [-0.05, 0) is 30.3 Å². The van der Waals surface area contributed by atoms with Gasteiger partial charge in [-0.1, -0.05) is 40.9 Å². The van der Waals surface area contributed by atoms with Crippen molar-refractivity contribution in [2.45, 2.75) is 0 Å². The van der Waals surface area contributed by atoms with Gasteiger partial charge in [0.05, 0.1) is 26.8 Å². The Balaban J connectivity index is 1.78. The highest BCUT2D eigenvalue weighted by atomic mass is 35.5. The van der Waals surface area contributed by atoms with E-state index in [4.69, 9.17) is 34.8 Å². The number of fused-ring (bicyclic) bond motifs is 3. The summed E-state index contributed by atoms with van der Waals surface area (Å²) in [5.41, 5.74) is 2.33. The van der Waals surface area contributed by atoms with E-state index in [-0.39, 0.29) is 0 Å². The average molecular weight is 353 g/mol. The van der Waals surface area contributed by atoms with E-state index in [1.165, 1.54) is 0 Å². The first-order valence-electron chi connectivity index (χ1n) is 6.36. The summed E-state index contributed by atoms with van der Waals surface area (Å²) < 4.78 is 1.77. The fraction of sp³-hybridized carbons (Fsp3) is 0. The van der Waals surface area contributed by atoms with Crippen molar-refractivity contribution in [2.75, 3.05) is 5.32 Å². The summed E-state index contributed by atoms with van der Waals surface area (Å²) in [4.78, 5) is 8.80.